The van der Waals surface area contributed by atoms with E-state index in [-0.39, 0.29) is 36.2 Å². The number of H-pyrrole nitrogens is 1. The third-order valence-corrected chi connectivity index (χ3v) is 6.45. The smallest absolute Gasteiger partial charge is 0.322 e. The van der Waals surface area contributed by atoms with Crippen molar-refractivity contribution in [3.05, 3.63) is 35.5 Å². The van der Waals surface area contributed by atoms with Gasteiger partial charge in [0.2, 0.25) is 0 Å². The Morgan fingerprint density at radius 1 is 1.37 bits per heavy atom. The van der Waals surface area contributed by atoms with Gasteiger partial charge in [0.25, 0.3) is 0 Å². The first-order valence-electron chi connectivity index (χ1n) is 9.26. The number of carbonyl (C=O) groups excluding carboxylic acids is 1. The molecule has 2 aliphatic heterocycles. The lowest BCUT2D eigenvalue weighted by Gasteiger charge is -2.41. The number of fused-ring (bicyclic) bond motifs is 5. The van der Waals surface area contributed by atoms with Crippen LogP contribution in [0.15, 0.2) is 24.3 Å². The first-order chi connectivity index (χ1) is 12.1. The lowest BCUT2D eigenvalue weighted by Crippen LogP contribution is -2.43. The summed E-state index contributed by atoms with van der Waals surface area (Å²) in [7, 11) is 1.41. The third-order valence-electron chi connectivity index (χ3n) is 6.45. The largest absolute Gasteiger partial charge is 0.468 e. The zero-order valence-electron chi connectivity index (χ0n) is 15.9. The van der Waals surface area contributed by atoms with Crippen molar-refractivity contribution in [3.8, 4) is 0 Å². The molecule has 0 saturated carbocycles. The Labute approximate surface area is 172 Å². The zero-order chi connectivity index (χ0) is 17.6. The maximum absolute atomic E-state index is 11.9. The predicted octanol–water partition coefficient (Wildman–Crippen LogP) is 3.60. The molecule has 1 aromatic heterocycles. The number of ether oxygens (including phenoxy) is 1. The highest BCUT2D eigenvalue weighted by atomic mass is 35.5. The van der Waals surface area contributed by atoms with Crippen molar-refractivity contribution in [2.24, 2.45) is 11.1 Å². The average Bonchev–Trinajstić information content (AvgIpc) is 3.19. The van der Waals surface area contributed by atoms with Gasteiger partial charge in [0.15, 0.2) is 0 Å². The minimum absolute atomic E-state index is 0. The molecule has 1 saturated heterocycles. The van der Waals surface area contributed by atoms with Crippen LogP contribution in [0.3, 0.4) is 0 Å². The lowest BCUT2D eigenvalue weighted by atomic mass is 9.70. The Kier molecular flexibility index (Phi) is 6.85. The van der Waals surface area contributed by atoms with Crippen molar-refractivity contribution in [2.45, 2.75) is 44.7 Å². The van der Waals surface area contributed by atoms with Crippen molar-refractivity contribution in [3.63, 3.8) is 0 Å². The van der Waals surface area contributed by atoms with Crippen LogP contribution in [0.1, 0.15) is 43.5 Å². The van der Waals surface area contributed by atoms with Crippen molar-refractivity contribution in [2.75, 3.05) is 20.2 Å². The number of hydrogen-bond donors (Lipinski definition) is 2. The third kappa shape index (κ3) is 3.46. The molecule has 4 rings (SSSR count). The number of rotatable bonds is 4. The van der Waals surface area contributed by atoms with E-state index < -0.39 is 6.04 Å². The summed E-state index contributed by atoms with van der Waals surface area (Å²) >= 11 is 0. The molecule has 0 bridgehead atoms. The van der Waals surface area contributed by atoms with Crippen LogP contribution in [0.2, 0.25) is 0 Å². The Balaban J connectivity index is 0.00000131. The topological polar surface area (TPSA) is 71.4 Å². The summed E-state index contributed by atoms with van der Waals surface area (Å²) in [6.45, 7) is 4.38. The second kappa shape index (κ2) is 8.39. The van der Waals surface area contributed by atoms with Crippen LogP contribution in [-0.4, -0.2) is 42.1 Å². The number of benzene rings is 1. The zero-order valence-corrected chi connectivity index (χ0v) is 17.5. The molecule has 1 fully saturated rings. The van der Waals surface area contributed by atoms with E-state index in [4.69, 9.17) is 10.5 Å². The number of carbonyl (C=O) groups is 1. The predicted molar refractivity (Wildman–Crippen MR) is 113 cm³/mol. The Bertz CT molecular complexity index is 810. The van der Waals surface area contributed by atoms with Crippen molar-refractivity contribution >= 4 is 41.7 Å². The minimum Gasteiger partial charge on any atom is -0.468 e. The monoisotopic (exact) mass is 413 g/mol. The molecule has 1 aromatic carbocycles. The van der Waals surface area contributed by atoms with Crippen LogP contribution in [0.4, 0.5) is 0 Å². The first kappa shape index (κ1) is 22.0. The van der Waals surface area contributed by atoms with Crippen molar-refractivity contribution in [1.29, 1.82) is 0 Å². The highest BCUT2D eigenvalue weighted by molar-refractivity contribution is 5.86. The average molecular weight is 414 g/mol. The van der Waals surface area contributed by atoms with Crippen molar-refractivity contribution in [1.82, 2.24) is 9.88 Å². The van der Waals surface area contributed by atoms with Crippen LogP contribution < -0.4 is 5.73 Å². The summed E-state index contributed by atoms with van der Waals surface area (Å²) in [6, 6.07) is 8.31. The summed E-state index contributed by atoms with van der Waals surface area (Å²) in [6.07, 6.45) is 3.84. The molecule has 2 aliphatic rings. The van der Waals surface area contributed by atoms with E-state index in [9.17, 15) is 4.79 Å². The van der Waals surface area contributed by atoms with Gasteiger partial charge in [-0.3, -0.25) is 9.69 Å². The summed E-state index contributed by atoms with van der Waals surface area (Å²) in [5.41, 5.74) is 10.2. The molecule has 27 heavy (non-hydrogen) atoms. The lowest BCUT2D eigenvalue weighted by molar-refractivity contribution is -0.143. The Morgan fingerprint density at radius 3 is 2.81 bits per heavy atom. The molecule has 1 unspecified atom stereocenters. The molecule has 7 heteroatoms. The summed E-state index contributed by atoms with van der Waals surface area (Å²) < 4.78 is 4.88. The van der Waals surface area contributed by atoms with Crippen molar-refractivity contribution < 1.29 is 9.53 Å². The number of esters is 1. The number of aromatic nitrogens is 1. The molecule has 3 N–H and O–H groups in total. The standard InChI is InChI=1S/C20H27N3O2.2ClH/c1-3-20(12-15(21)19(24)25-2)9-11-23-10-8-14-13-6-4-5-7-16(13)22-17(14)18(20)23;;/h4-7,15,18,22H,3,8-12,21H2,1-2H3;2*1H/t15?,18-,20+;;/m0../s1. The van der Waals surface area contributed by atoms with Crippen LogP contribution in [0, 0.1) is 5.41 Å². The van der Waals surface area contributed by atoms with Crippen LogP contribution in [-0.2, 0) is 16.0 Å². The maximum Gasteiger partial charge on any atom is 0.322 e. The van der Waals surface area contributed by atoms with Gasteiger partial charge in [0.1, 0.15) is 6.04 Å². The molecule has 0 aliphatic carbocycles. The van der Waals surface area contributed by atoms with E-state index >= 15 is 0 Å². The van der Waals surface area contributed by atoms with Gasteiger partial charge in [-0.25, -0.2) is 0 Å². The fraction of sp³-hybridized carbons (Fsp3) is 0.550. The van der Waals surface area contributed by atoms with Gasteiger partial charge >= 0.3 is 5.97 Å². The van der Waals surface area contributed by atoms with E-state index in [0.717, 1.165) is 32.4 Å². The Morgan fingerprint density at radius 2 is 2.11 bits per heavy atom. The van der Waals surface area contributed by atoms with E-state index in [2.05, 4.69) is 41.1 Å². The SMILES string of the molecule is CC[C@]1(CC(N)C(=O)OC)CCN2CCc3c([nH]c4ccccc34)[C@H]21.Cl.Cl. The van der Waals surface area contributed by atoms with E-state index in [0.29, 0.717) is 12.5 Å². The van der Waals surface area contributed by atoms with E-state index in [1.54, 1.807) is 0 Å². The molecular formula is C20H29Cl2N3O2. The molecule has 150 valence electrons. The number of hydrogen-bond acceptors (Lipinski definition) is 4. The summed E-state index contributed by atoms with van der Waals surface area (Å²) in [5, 5.41) is 1.34. The van der Waals surface area contributed by atoms with Gasteiger partial charge in [-0.2, -0.15) is 0 Å². The Hall–Kier alpha value is -1.27. The van der Waals surface area contributed by atoms with E-state index in [1.807, 2.05) is 0 Å². The normalized spacial score (nSPS) is 25.1. The molecule has 0 amide bonds. The second-order valence-electron chi connectivity index (χ2n) is 7.55. The number of aromatic amines is 1. The number of para-hydroxylation sites is 1. The number of nitrogens with one attached hydrogen (secondary N) is 1. The molecule has 2 aromatic rings. The fourth-order valence-electron chi connectivity index (χ4n) is 5.13. The first-order valence-corrected chi connectivity index (χ1v) is 9.26. The highest BCUT2D eigenvalue weighted by Gasteiger charge is 2.51. The molecular weight excluding hydrogens is 385 g/mol. The van der Waals surface area contributed by atoms with E-state index in [1.165, 1.54) is 29.3 Å². The number of methoxy groups -OCH3 is 1. The van der Waals surface area contributed by atoms with Gasteiger partial charge in [-0.15, -0.1) is 24.8 Å². The molecule has 3 atom stereocenters. The van der Waals surface area contributed by atoms with Gasteiger partial charge in [0, 0.05) is 23.1 Å². The molecule has 0 spiro atoms. The van der Waals surface area contributed by atoms with Crippen LogP contribution >= 0.6 is 24.8 Å². The number of nitrogens with two attached hydrogens (primary N) is 1. The van der Waals surface area contributed by atoms with Gasteiger partial charge < -0.3 is 15.5 Å². The summed E-state index contributed by atoms with van der Waals surface area (Å²) in [4.78, 5) is 18.2. The quantitative estimate of drug-likeness (QED) is 0.750. The molecule has 0 radical (unpaired) electrons. The summed E-state index contributed by atoms with van der Waals surface area (Å²) in [5.74, 6) is -0.307. The maximum atomic E-state index is 11.9. The van der Waals surface area contributed by atoms with Crippen LogP contribution in [0.25, 0.3) is 10.9 Å². The number of nitrogens with zero attached hydrogens (tertiary/aromatic N) is 1. The fourth-order valence-corrected chi connectivity index (χ4v) is 5.13. The highest BCUT2D eigenvalue weighted by Crippen LogP contribution is 2.54. The minimum atomic E-state index is -0.556. The second-order valence-corrected chi connectivity index (χ2v) is 7.55. The van der Waals surface area contributed by atoms with Crippen LogP contribution in [0.5, 0.6) is 0 Å². The number of halogens is 2. The van der Waals surface area contributed by atoms with Gasteiger partial charge in [-0.05, 0) is 49.3 Å². The molecule has 5 nitrogen and oxygen atoms in total. The van der Waals surface area contributed by atoms with Gasteiger partial charge in [-0.1, -0.05) is 25.1 Å². The van der Waals surface area contributed by atoms with Gasteiger partial charge in [0.05, 0.1) is 13.2 Å². The molecule has 3 heterocycles.